The van der Waals surface area contributed by atoms with Gasteiger partial charge in [0.1, 0.15) is 0 Å². The summed E-state index contributed by atoms with van der Waals surface area (Å²) < 4.78 is 0. The minimum Gasteiger partial charge on any atom is -0.339 e. The molecule has 1 aromatic rings. The number of amides is 2. The Morgan fingerprint density at radius 2 is 1.79 bits per heavy atom. The normalized spacial score (nSPS) is 16.2. The Balaban J connectivity index is 1.96. The molecule has 5 nitrogen and oxygen atoms in total. The Kier molecular flexibility index (Phi) is 4.16. The fourth-order valence-corrected chi connectivity index (χ4v) is 2.34. The van der Waals surface area contributed by atoms with Crippen molar-refractivity contribution in [3.8, 4) is 0 Å². The van der Waals surface area contributed by atoms with E-state index in [1.807, 2.05) is 31.2 Å². The molecule has 1 fully saturated rings. The molecular formula is C14H19N3O2. The summed E-state index contributed by atoms with van der Waals surface area (Å²) >= 11 is 0. The SMILES string of the molecule is Cc1ccc(C(=O)N2CCC(C(=O)NN)CC2)cc1. The van der Waals surface area contributed by atoms with Crippen LogP contribution >= 0.6 is 0 Å². The number of carbonyl (C=O) groups excluding carboxylic acids is 2. The number of aryl methyl sites for hydroxylation is 1. The Morgan fingerprint density at radius 1 is 1.21 bits per heavy atom. The van der Waals surface area contributed by atoms with Crippen LogP contribution in [0.2, 0.25) is 0 Å². The highest BCUT2D eigenvalue weighted by molar-refractivity contribution is 5.94. The predicted octanol–water partition coefficient (Wildman–Crippen LogP) is 0.837. The molecule has 0 bridgehead atoms. The van der Waals surface area contributed by atoms with Crippen LogP contribution in [-0.2, 0) is 4.79 Å². The van der Waals surface area contributed by atoms with Crippen molar-refractivity contribution >= 4 is 11.8 Å². The molecule has 0 saturated carbocycles. The highest BCUT2D eigenvalue weighted by Gasteiger charge is 2.27. The van der Waals surface area contributed by atoms with Crippen molar-refractivity contribution in [2.75, 3.05) is 13.1 Å². The standard InChI is InChI=1S/C14H19N3O2/c1-10-2-4-12(5-3-10)14(19)17-8-6-11(7-9-17)13(18)16-15/h2-5,11H,6-9,15H2,1H3,(H,16,18). The van der Waals surface area contributed by atoms with Gasteiger partial charge in [0.25, 0.3) is 5.91 Å². The second-order valence-electron chi connectivity index (χ2n) is 4.94. The number of rotatable bonds is 2. The van der Waals surface area contributed by atoms with Gasteiger partial charge < -0.3 is 4.90 Å². The summed E-state index contributed by atoms with van der Waals surface area (Å²) in [6, 6.07) is 7.55. The number of piperidine rings is 1. The quantitative estimate of drug-likeness (QED) is 0.470. The van der Waals surface area contributed by atoms with Gasteiger partial charge in [-0.15, -0.1) is 0 Å². The van der Waals surface area contributed by atoms with Crippen molar-refractivity contribution in [2.45, 2.75) is 19.8 Å². The fourth-order valence-electron chi connectivity index (χ4n) is 2.34. The first-order valence-electron chi connectivity index (χ1n) is 6.48. The lowest BCUT2D eigenvalue weighted by Gasteiger charge is -2.31. The van der Waals surface area contributed by atoms with Gasteiger partial charge in [0, 0.05) is 24.6 Å². The topological polar surface area (TPSA) is 75.4 Å². The van der Waals surface area contributed by atoms with Gasteiger partial charge in [-0.1, -0.05) is 17.7 Å². The molecule has 1 aliphatic rings. The largest absolute Gasteiger partial charge is 0.339 e. The fraction of sp³-hybridized carbons (Fsp3) is 0.429. The van der Waals surface area contributed by atoms with E-state index in [1.54, 1.807) is 4.90 Å². The maximum atomic E-state index is 12.3. The van der Waals surface area contributed by atoms with Gasteiger partial charge in [-0.25, -0.2) is 5.84 Å². The van der Waals surface area contributed by atoms with E-state index in [0.29, 0.717) is 31.5 Å². The third-order valence-electron chi connectivity index (χ3n) is 3.59. The van der Waals surface area contributed by atoms with E-state index in [0.717, 1.165) is 5.56 Å². The van der Waals surface area contributed by atoms with Gasteiger partial charge in [-0.3, -0.25) is 15.0 Å². The first-order valence-corrected chi connectivity index (χ1v) is 6.48. The van der Waals surface area contributed by atoms with E-state index in [1.165, 1.54) is 0 Å². The summed E-state index contributed by atoms with van der Waals surface area (Å²) in [4.78, 5) is 25.5. The average molecular weight is 261 g/mol. The number of nitrogens with two attached hydrogens (primary N) is 1. The highest BCUT2D eigenvalue weighted by Crippen LogP contribution is 2.19. The lowest BCUT2D eigenvalue weighted by molar-refractivity contribution is -0.126. The zero-order chi connectivity index (χ0) is 13.8. The number of hydrazine groups is 1. The Hall–Kier alpha value is -1.88. The molecule has 1 heterocycles. The van der Waals surface area contributed by atoms with Crippen LogP contribution in [0.3, 0.4) is 0 Å². The molecule has 1 aromatic carbocycles. The molecule has 3 N–H and O–H groups in total. The minimum absolute atomic E-state index is 0.0339. The van der Waals surface area contributed by atoms with Crippen LogP contribution in [0.5, 0.6) is 0 Å². The van der Waals surface area contributed by atoms with Crippen molar-refractivity contribution < 1.29 is 9.59 Å². The van der Waals surface area contributed by atoms with Gasteiger partial charge in [0.15, 0.2) is 0 Å². The first-order chi connectivity index (χ1) is 9.11. The van der Waals surface area contributed by atoms with E-state index >= 15 is 0 Å². The summed E-state index contributed by atoms with van der Waals surface area (Å²) in [7, 11) is 0. The van der Waals surface area contributed by atoms with E-state index in [-0.39, 0.29) is 17.7 Å². The van der Waals surface area contributed by atoms with E-state index in [2.05, 4.69) is 5.43 Å². The molecule has 2 amide bonds. The summed E-state index contributed by atoms with van der Waals surface area (Å²) in [5.74, 6) is 4.94. The van der Waals surface area contributed by atoms with Crippen LogP contribution in [0.4, 0.5) is 0 Å². The van der Waals surface area contributed by atoms with Gasteiger partial charge >= 0.3 is 0 Å². The maximum absolute atomic E-state index is 12.3. The number of likely N-dealkylation sites (tertiary alicyclic amines) is 1. The molecule has 0 spiro atoms. The number of carbonyl (C=O) groups is 2. The second-order valence-corrected chi connectivity index (χ2v) is 4.94. The monoisotopic (exact) mass is 261 g/mol. The van der Waals surface area contributed by atoms with Crippen molar-refractivity contribution in [3.63, 3.8) is 0 Å². The highest BCUT2D eigenvalue weighted by atomic mass is 16.2. The summed E-state index contributed by atoms with van der Waals surface area (Å²) in [5.41, 5.74) is 4.01. The molecule has 0 aromatic heterocycles. The van der Waals surface area contributed by atoms with E-state index in [9.17, 15) is 9.59 Å². The molecule has 0 unspecified atom stereocenters. The molecule has 19 heavy (non-hydrogen) atoms. The molecule has 102 valence electrons. The van der Waals surface area contributed by atoms with Crippen LogP contribution in [0.1, 0.15) is 28.8 Å². The molecule has 1 saturated heterocycles. The van der Waals surface area contributed by atoms with Gasteiger partial charge in [0.05, 0.1) is 0 Å². The predicted molar refractivity (Wildman–Crippen MR) is 72.1 cm³/mol. The number of hydrogen-bond donors (Lipinski definition) is 2. The third-order valence-corrected chi connectivity index (χ3v) is 3.59. The summed E-state index contributed by atoms with van der Waals surface area (Å²) in [5, 5.41) is 0. The van der Waals surface area contributed by atoms with Crippen LogP contribution in [0, 0.1) is 12.8 Å². The Bertz CT molecular complexity index is 462. The van der Waals surface area contributed by atoms with Crippen molar-refractivity contribution in [1.82, 2.24) is 10.3 Å². The zero-order valence-electron chi connectivity index (χ0n) is 11.1. The van der Waals surface area contributed by atoms with Gasteiger partial charge in [0.2, 0.25) is 5.91 Å². The van der Waals surface area contributed by atoms with E-state index in [4.69, 9.17) is 5.84 Å². The average Bonchev–Trinajstić information content (AvgIpc) is 2.46. The van der Waals surface area contributed by atoms with Crippen molar-refractivity contribution in [2.24, 2.45) is 11.8 Å². The zero-order valence-corrected chi connectivity index (χ0v) is 11.1. The van der Waals surface area contributed by atoms with Crippen LogP contribution in [0.25, 0.3) is 0 Å². The minimum atomic E-state index is -0.137. The lowest BCUT2D eigenvalue weighted by atomic mass is 9.95. The van der Waals surface area contributed by atoms with Gasteiger partial charge in [-0.05, 0) is 31.9 Å². The van der Waals surface area contributed by atoms with Crippen LogP contribution < -0.4 is 11.3 Å². The maximum Gasteiger partial charge on any atom is 0.253 e. The van der Waals surface area contributed by atoms with Gasteiger partial charge in [-0.2, -0.15) is 0 Å². The number of benzene rings is 1. The molecule has 0 aliphatic carbocycles. The third kappa shape index (κ3) is 3.12. The number of hydrogen-bond acceptors (Lipinski definition) is 3. The lowest BCUT2D eigenvalue weighted by Crippen LogP contribution is -2.44. The van der Waals surface area contributed by atoms with E-state index < -0.39 is 0 Å². The number of nitrogens with zero attached hydrogens (tertiary/aromatic N) is 1. The first kappa shape index (κ1) is 13.5. The molecule has 1 aliphatic heterocycles. The van der Waals surface area contributed by atoms with Crippen LogP contribution in [-0.4, -0.2) is 29.8 Å². The van der Waals surface area contributed by atoms with Crippen LogP contribution in [0.15, 0.2) is 24.3 Å². The Morgan fingerprint density at radius 3 is 2.32 bits per heavy atom. The molecule has 2 rings (SSSR count). The molecule has 0 radical (unpaired) electrons. The molecule has 0 atom stereocenters. The van der Waals surface area contributed by atoms with Crippen molar-refractivity contribution in [1.29, 1.82) is 0 Å². The summed E-state index contributed by atoms with van der Waals surface area (Å²) in [6.07, 6.45) is 1.33. The smallest absolute Gasteiger partial charge is 0.253 e. The molecular weight excluding hydrogens is 242 g/mol. The van der Waals surface area contributed by atoms with Crippen molar-refractivity contribution in [3.05, 3.63) is 35.4 Å². The molecule has 5 heteroatoms. The second kappa shape index (κ2) is 5.84. The Labute approximate surface area is 112 Å². The number of nitrogens with one attached hydrogen (secondary N) is 1. The summed E-state index contributed by atoms with van der Waals surface area (Å²) in [6.45, 7) is 3.20.